The Morgan fingerprint density at radius 1 is 1.16 bits per heavy atom. The molecule has 0 amide bonds. The number of nitrogens with zero attached hydrogens (tertiary/aromatic N) is 1. The van der Waals surface area contributed by atoms with Gasteiger partial charge in [-0.25, -0.2) is 4.39 Å². The van der Waals surface area contributed by atoms with Crippen molar-refractivity contribution in [2.75, 3.05) is 14.2 Å². The lowest BCUT2D eigenvalue weighted by Gasteiger charge is -2.16. The third-order valence-corrected chi connectivity index (χ3v) is 2.86. The number of halogens is 1. The predicted molar refractivity (Wildman–Crippen MR) is 69.8 cm³/mol. The van der Waals surface area contributed by atoms with Crippen molar-refractivity contribution in [1.29, 1.82) is 0 Å². The van der Waals surface area contributed by atoms with Crippen LogP contribution in [0.15, 0.2) is 36.7 Å². The number of ether oxygens (including phenoxy) is 2. The number of pyridine rings is 1. The van der Waals surface area contributed by atoms with Gasteiger partial charge in [-0.1, -0.05) is 0 Å². The molecule has 1 unspecified atom stereocenters. The highest BCUT2D eigenvalue weighted by Gasteiger charge is 2.15. The van der Waals surface area contributed by atoms with Crippen LogP contribution in [0.25, 0.3) is 0 Å². The van der Waals surface area contributed by atoms with Crippen LogP contribution in [0.5, 0.6) is 11.5 Å². The highest BCUT2D eigenvalue weighted by molar-refractivity contribution is 5.45. The van der Waals surface area contributed by atoms with E-state index in [0.717, 1.165) is 11.8 Å². The van der Waals surface area contributed by atoms with Gasteiger partial charge in [-0.15, -0.1) is 0 Å². The molecule has 0 spiro atoms. The van der Waals surface area contributed by atoms with Gasteiger partial charge in [-0.2, -0.15) is 0 Å². The molecular formula is C14H15FN2O2. The number of methoxy groups -OCH3 is 2. The predicted octanol–water partition coefficient (Wildman–Crippen LogP) is 2.29. The largest absolute Gasteiger partial charge is 0.497 e. The summed E-state index contributed by atoms with van der Waals surface area (Å²) in [5.74, 6) is 0.849. The van der Waals surface area contributed by atoms with Crippen LogP contribution < -0.4 is 15.2 Å². The fourth-order valence-corrected chi connectivity index (χ4v) is 1.85. The Bertz CT molecular complexity index is 575. The lowest BCUT2D eigenvalue weighted by molar-refractivity contribution is 0.390. The summed E-state index contributed by atoms with van der Waals surface area (Å²) < 4.78 is 23.6. The summed E-state index contributed by atoms with van der Waals surface area (Å²) in [5.41, 5.74) is 7.46. The highest BCUT2D eigenvalue weighted by Crippen LogP contribution is 2.31. The van der Waals surface area contributed by atoms with Crippen molar-refractivity contribution < 1.29 is 13.9 Å². The first-order valence-electron chi connectivity index (χ1n) is 5.73. The number of nitrogens with two attached hydrogens (primary N) is 1. The lowest BCUT2D eigenvalue weighted by Crippen LogP contribution is -2.13. The Hall–Kier alpha value is -2.14. The second-order valence-corrected chi connectivity index (χ2v) is 4.02. The molecule has 1 atom stereocenters. The van der Waals surface area contributed by atoms with Gasteiger partial charge in [0.1, 0.15) is 17.3 Å². The second kappa shape index (κ2) is 5.67. The molecule has 2 aromatic rings. The van der Waals surface area contributed by atoms with Crippen LogP contribution in [0.2, 0.25) is 0 Å². The summed E-state index contributed by atoms with van der Waals surface area (Å²) in [5, 5.41) is 0. The normalized spacial score (nSPS) is 12.0. The van der Waals surface area contributed by atoms with E-state index in [4.69, 9.17) is 15.2 Å². The third-order valence-electron chi connectivity index (χ3n) is 2.86. The zero-order valence-corrected chi connectivity index (χ0v) is 10.8. The number of aromatic nitrogens is 1. The average Bonchev–Trinajstić information content (AvgIpc) is 2.45. The van der Waals surface area contributed by atoms with Gasteiger partial charge < -0.3 is 15.2 Å². The molecule has 0 radical (unpaired) electrons. The van der Waals surface area contributed by atoms with E-state index in [1.807, 2.05) is 0 Å². The van der Waals surface area contributed by atoms with Crippen LogP contribution in [0.4, 0.5) is 4.39 Å². The van der Waals surface area contributed by atoms with Gasteiger partial charge in [-0.3, -0.25) is 4.98 Å². The number of rotatable bonds is 4. The second-order valence-electron chi connectivity index (χ2n) is 4.02. The molecule has 100 valence electrons. The van der Waals surface area contributed by atoms with E-state index < -0.39 is 11.9 Å². The van der Waals surface area contributed by atoms with E-state index in [1.165, 1.54) is 12.3 Å². The van der Waals surface area contributed by atoms with Crippen molar-refractivity contribution in [1.82, 2.24) is 4.98 Å². The molecule has 4 nitrogen and oxygen atoms in total. The summed E-state index contributed by atoms with van der Waals surface area (Å²) >= 11 is 0. The first kappa shape index (κ1) is 13.3. The molecule has 2 N–H and O–H groups in total. The van der Waals surface area contributed by atoms with Crippen molar-refractivity contribution >= 4 is 0 Å². The molecule has 0 bridgehead atoms. The molecule has 19 heavy (non-hydrogen) atoms. The maximum Gasteiger partial charge on any atom is 0.141 e. The third kappa shape index (κ3) is 2.82. The molecule has 0 aliphatic heterocycles. The van der Waals surface area contributed by atoms with Crippen molar-refractivity contribution in [3.8, 4) is 11.5 Å². The van der Waals surface area contributed by atoms with Crippen molar-refractivity contribution in [2.45, 2.75) is 6.04 Å². The molecule has 2 rings (SSSR count). The van der Waals surface area contributed by atoms with E-state index in [9.17, 15) is 4.39 Å². The monoisotopic (exact) mass is 262 g/mol. The standard InChI is InChI=1S/C14H15FN2O2/c1-18-11-3-4-12(13(6-11)19-2)14(16)9-5-10(15)8-17-7-9/h3-8,14H,16H2,1-2H3. The van der Waals surface area contributed by atoms with Crippen LogP contribution in [0.3, 0.4) is 0 Å². The van der Waals surface area contributed by atoms with Crippen molar-refractivity contribution in [2.24, 2.45) is 5.73 Å². The Morgan fingerprint density at radius 2 is 1.95 bits per heavy atom. The first-order chi connectivity index (χ1) is 9.15. The smallest absolute Gasteiger partial charge is 0.141 e. The molecular weight excluding hydrogens is 247 g/mol. The molecule has 1 aromatic heterocycles. The maximum atomic E-state index is 13.2. The molecule has 0 aliphatic carbocycles. The van der Waals surface area contributed by atoms with Crippen LogP contribution >= 0.6 is 0 Å². The summed E-state index contributed by atoms with van der Waals surface area (Å²) in [4.78, 5) is 3.80. The maximum absolute atomic E-state index is 13.2. The highest BCUT2D eigenvalue weighted by atomic mass is 19.1. The number of hydrogen-bond donors (Lipinski definition) is 1. The summed E-state index contributed by atoms with van der Waals surface area (Å²) in [6.07, 6.45) is 2.68. The van der Waals surface area contributed by atoms with E-state index >= 15 is 0 Å². The van der Waals surface area contributed by atoms with Gasteiger partial charge >= 0.3 is 0 Å². The zero-order valence-electron chi connectivity index (χ0n) is 10.8. The average molecular weight is 262 g/mol. The van der Waals surface area contributed by atoms with Crippen LogP contribution in [0.1, 0.15) is 17.2 Å². The van der Waals surface area contributed by atoms with Crippen LogP contribution in [0, 0.1) is 5.82 Å². The summed E-state index contributed by atoms with van der Waals surface area (Å²) in [6, 6.07) is 6.17. The fourth-order valence-electron chi connectivity index (χ4n) is 1.85. The number of hydrogen-bond acceptors (Lipinski definition) is 4. The minimum Gasteiger partial charge on any atom is -0.497 e. The van der Waals surface area contributed by atoms with Gasteiger partial charge in [0.25, 0.3) is 0 Å². The topological polar surface area (TPSA) is 57.4 Å². The summed E-state index contributed by atoms with van der Waals surface area (Å²) in [6.45, 7) is 0. The van der Waals surface area contributed by atoms with E-state index in [1.54, 1.807) is 32.4 Å². The Kier molecular flexibility index (Phi) is 3.97. The van der Waals surface area contributed by atoms with Gasteiger partial charge in [0.05, 0.1) is 26.5 Å². The van der Waals surface area contributed by atoms with Gasteiger partial charge in [0.15, 0.2) is 0 Å². The van der Waals surface area contributed by atoms with Crippen LogP contribution in [-0.2, 0) is 0 Å². The molecule has 0 fully saturated rings. The van der Waals surface area contributed by atoms with Crippen LogP contribution in [-0.4, -0.2) is 19.2 Å². The lowest BCUT2D eigenvalue weighted by atomic mass is 10.00. The first-order valence-corrected chi connectivity index (χ1v) is 5.73. The van der Waals surface area contributed by atoms with Crippen molar-refractivity contribution in [3.05, 3.63) is 53.6 Å². The molecule has 5 heteroatoms. The Balaban J connectivity index is 2.40. The number of benzene rings is 1. The quantitative estimate of drug-likeness (QED) is 0.918. The van der Waals surface area contributed by atoms with Gasteiger partial charge in [0.2, 0.25) is 0 Å². The Labute approximate surface area is 111 Å². The van der Waals surface area contributed by atoms with Crippen molar-refractivity contribution in [3.63, 3.8) is 0 Å². The zero-order chi connectivity index (χ0) is 13.8. The molecule has 1 aromatic carbocycles. The van der Waals surface area contributed by atoms with E-state index in [-0.39, 0.29) is 0 Å². The summed E-state index contributed by atoms with van der Waals surface area (Å²) in [7, 11) is 3.12. The SMILES string of the molecule is COc1ccc(C(N)c2cncc(F)c2)c(OC)c1. The van der Waals surface area contributed by atoms with Gasteiger partial charge in [0, 0.05) is 17.8 Å². The molecule has 0 aliphatic rings. The molecule has 0 saturated heterocycles. The minimum atomic E-state index is -0.510. The van der Waals surface area contributed by atoms with Gasteiger partial charge in [-0.05, 0) is 23.8 Å². The molecule has 0 saturated carbocycles. The Morgan fingerprint density at radius 3 is 2.58 bits per heavy atom. The minimum absolute atomic E-state index is 0.416. The van der Waals surface area contributed by atoms with E-state index in [0.29, 0.717) is 17.1 Å². The van der Waals surface area contributed by atoms with E-state index in [2.05, 4.69) is 4.98 Å². The molecule has 1 heterocycles. The fraction of sp³-hybridized carbons (Fsp3) is 0.214.